The van der Waals surface area contributed by atoms with E-state index in [2.05, 4.69) is 19.2 Å². The molecule has 0 aromatic heterocycles. The van der Waals surface area contributed by atoms with Gasteiger partial charge in [0, 0.05) is 13.5 Å². The molecule has 0 aliphatic carbocycles. The summed E-state index contributed by atoms with van der Waals surface area (Å²) >= 11 is 0. The van der Waals surface area contributed by atoms with Gasteiger partial charge in [-0.25, -0.2) is 0 Å². The number of ether oxygens (including phenoxy) is 3. The molecule has 0 heterocycles. The van der Waals surface area contributed by atoms with E-state index in [9.17, 15) is 4.79 Å². The van der Waals surface area contributed by atoms with Crippen LogP contribution in [0.25, 0.3) is 0 Å². The molecule has 1 N–H and O–H groups in total. The third-order valence-electron chi connectivity index (χ3n) is 3.44. The number of carbonyl (C=O) groups is 1. The Kier molecular flexibility index (Phi) is 8.48. The molecular formula is C18H29NO4. The van der Waals surface area contributed by atoms with E-state index in [1.165, 1.54) is 0 Å². The first-order chi connectivity index (χ1) is 11.0. The minimum absolute atomic E-state index is 0.0163. The highest BCUT2D eigenvalue weighted by atomic mass is 16.5. The number of carbonyl (C=O) groups excluding carboxylic acids is 1. The molecule has 0 radical (unpaired) electrons. The van der Waals surface area contributed by atoms with Crippen LogP contribution >= 0.6 is 0 Å². The minimum atomic E-state index is -0.0748. The van der Waals surface area contributed by atoms with Crippen LogP contribution in [0.4, 0.5) is 0 Å². The maximum Gasteiger partial charge on any atom is 0.222 e. The van der Waals surface area contributed by atoms with Crippen molar-refractivity contribution >= 4 is 5.91 Å². The first-order valence-corrected chi connectivity index (χ1v) is 8.21. The monoisotopic (exact) mass is 323 g/mol. The van der Waals surface area contributed by atoms with E-state index in [1.807, 2.05) is 32.0 Å². The molecule has 23 heavy (non-hydrogen) atoms. The van der Waals surface area contributed by atoms with Crippen LogP contribution < -0.4 is 14.8 Å². The predicted octanol–water partition coefficient (Wildman–Crippen LogP) is 3.33. The van der Waals surface area contributed by atoms with E-state index in [1.54, 1.807) is 7.11 Å². The summed E-state index contributed by atoms with van der Waals surface area (Å²) in [7, 11) is 1.59. The maximum absolute atomic E-state index is 12.0. The fourth-order valence-corrected chi connectivity index (χ4v) is 2.34. The number of nitrogens with one attached hydrogen (secondary N) is 1. The molecule has 0 saturated heterocycles. The molecule has 1 rings (SSSR count). The zero-order valence-electron chi connectivity index (χ0n) is 14.8. The van der Waals surface area contributed by atoms with Crippen molar-refractivity contribution in [2.45, 2.75) is 40.2 Å². The molecule has 130 valence electrons. The molecule has 1 aromatic carbocycles. The molecule has 5 nitrogen and oxygen atoms in total. The van der Waals surface area contributed by atoms with Gasteiger partial charge in [-0.15, -0.1) is 0 Å². The van der Waals surface area contributed by atoms with Crippen LogP contribution in [0.3, 0.4) is 0 Å². The fourth-order valence-electron chi connectivity index (χ4n) is 2.34. The lowest BCUT2D eigenvalue weighted by molar-refractivity contribution is -0.123. The van der Waals surface area contributed by atoms with Gasteiger partial charge < -0.3 is 19.5 Å². The van der Waals surface area contributed by atoms with Gasteiger partial charge in [0.05, 0.1) is 25.9 Å². The summed E-state index contributed by atoms with van der Waals surface area (Å²) in [5, 5.41) is 3.07. The van der Waals surface area contributed by atoms with Crippen LogP contribution in [0.1, 0.15) is 45.7 Å². The quantitative estimate of drug-likeness (QED) is 0.717. The number of benzene rings is 1. The lowest BCUT2D eigenvalue weighted by atomic mass is 9.95. The van der Waals surface area contributed by atoms with Crippen molar-refractivity contribution in [2.75, 3.05) is 26.9 Å². The van der Waals surface area contributed by atoms with E-state index >= 15 is 0 Å². The SMILES string of the molecule is CCOc1ccc(C(NC(=O)CCOC)C(C)C)cc1OCC. The Bertz CT molecular complexity index is 488. The van der Waals surface area contributed by atoms with E-state index in [0.29, 0.717) is 32.0 Å². The van der Waals surface area contributed by atoms with Crippen LogP contribution in [0, 0.1) is 5.92 Å². The van der Waals surface area contributed by atoms with E-state index in [0.717, 1.165) is 11.3 Å². The predicted molar refractivity (Wildman–Crippen MR) is 91.0 cm³/mol. The van der Waals surface area contributed by atoms with E-state index in [4.69, 9.17) is 14.2 Å². The standard InChI is InChI=1S/C18H29NO4/c1-6-22-15-9-8-14(12-16(15)23-7-2)18(13(3)4)19-17(20)10-11-21-5/h8-9,12-13,18H,6-7,10-11H2,1-5H3,(H,19,20). The zero-order chi connectivity index (χ0) is 17.2. The van der Waals surface area contributed by atoms with Crippen LogP contribution in [0.5, 0.6) is 11.5 Å². The highest BCUT2D eigenvalue weighted by Crippen LogP contribution is 2.32. The van der Waals surface area contributed by atoms with Gasteiger partial charge >= 0.3 is 0 Å². The molecule has 0 saturated carbocycles. The average Bonchev–Trinajstić information content (AvgIpc) is 2.52. The number of amides is 1. The Labute approximate surface area is 139 Å². The van der Waals surface area contributed by atoms with Crippen molar-refractivity contribution in [3.05, 3.63) is 23.8 Å². The van der Waals surface area contributed by atoms with Crippen LogP contribution in [-0.2, 0) is 9.53 Å². The highest BCUT2D eigenvalue weighted by molar-refractivity contribution is 5.76. The molecule has 0 aliphatic rings. The summed E-state index contributed by atoms with van der Waals surface area (Å²) in [6, 6.07) is 5.76. The number of hydrogen-bond donors (Lipinski definition) is 1. The Hall–Kier alpha value is -1.75. The molecule has 0 aliphatic heterocycles. The van der Waals surface area contributed by atoms with Crippen molar-refractivity contribution in [3.63, 3.8) is 0 Å². The minimum Gasteiger partial charge on any atom is -0.490 e. The van der Waals surface area contributed by atoms with Crippen LogP contribution in [-0.4, -0.2) is 32.8 Å². The normalized spacial score (nSPS) is 12.1. The van der Waals surface area contributed by atoms with Crippen molar-refractivity contribution in [3.8, 4) is 11.5 Å². The van der Waals surface area contributed by atoms with Crippen molar-refractivity contribution < 1.29 is 19.0 Å². The Morgan fingerprint density at radius 2 is 1.78 bits per heavy atom. The second-order valence-corrected chi connectivity index (χ2v) is 5.60. The Morgan fingerprint density at radius 1 is 1.13 bits per heavy atom. The van der Waals surface area contributed by atoms with Gasteiger partial charge in [0.2, 0.25) is 5.91 Å². The number of methoxy groups -OCH3 is 1. The third-order valence-corrected chi connectivity index (χ3v) is 3.44. The largest absolute Gasteiger partial charge is 0.490 e. The molecule has 1 unspecified atom stereocenters. The second-order valence-electron chi connectivity index (χ2n) is 5.60. The van der Waals surface area contributed by atoms with Gasteiger partial charge in [-0.1, -0.05) is 19.9 Å². The number of hydrogen-bond acceptors (Lipinski definition) is 4. The van der Waals surface area contributed by atoms with Crippen LogP contribution in [0.15, 0.2) is 18.2 Å². The molecular weight excluding hydrogens is 294 g/mol. The average molecular weight is 323 g/mol. The lowest BCUT2D eigenvalue weighted by Gasteiger charge is -2.24. The smallest absolute Gasteiger partial charge is 0.222 e. The summed E-state index contributed by atoms with van der Waals surface area (Å²) in [6.07, 6.45) is 0.356. The van der Waals surface area contributed by atoms with Gasteiger partial charge in [0.25, 0.3) is 0 Å². The second kappa shape index (κ2) is 10.1. The highest BCUT2D eigenvalue weighted by Gasteiger charge is 2.20. The summed E-state index contributed by atoms with van der Waals surface area (Å²) in [5.41, 5.74) is 1.01. The Morgan fingerprint density at radius 3 is 2.35 bits per heavy atom. The van der Waals surface area contributed by atoms with Gasteiger partial charge in [-0.3, -0.25) is 4.79 Å². The summed E-state index contributed by atoms with van der Waals surface area (Å²) in [6.45, 7) is 9.61. The van der Waals surface area contributed by atoms with Crippen molar-refractivity contribution in [2.24, 2.45) is 5.92 Å². The first kappa shape index (κ1) is 19.3. The van der Waals surface area contributed by atoms with Gasteiger partial charge in [-0.05, 0) is 37.5 Å². The molecule has 5 heteroatoms. The van der Waals surface area contributed by atoms with Gasteiger partial charge in [-0.2, -0.15) is 0 Å². The summed E-state index contributed by atoms with van der Waals surface area (Å²) in [4.78, 5) is 12.0. The van der Waals surface area contributed by atoms with E-state index < -0.39 is 0 Å². The topological polar surface area (TPSA) is 56.8 Å². The molecule has 0 spiro atoms. The van der Waals surface area contributed by atoms with Crippen molar-refractivity contribution in [1.82, 2.24) is 5.32 Å². The maximum atomic E-state index is 12.0. The fraction of sp³-hybridized carbons (Fsp3) is 0.611. The van der Waals surface area contributed by atoms with E-state index in [-0.39, 0.29) is 17.9 Å². The van der Waals surface area contributed by atoms with Gasteiger partial charge in [0.1, 0.15) is 0 Å². The molecule has 0 bridgehead atoms. The number of rotatable bonds is 10. The molecule has 1 amide bonds. The molecule has 1 aromatic rings. The van der Waals surface area contributed by atoms with Crippen molar-refractivity contribution in [1.29, 1.82) is 0 Å². The van der Waals surface area contributed by atoms with Gasteiger partial charge in [0.15, 0.2) is 11.5 Å². The lowest BCUT2D eigenvalue weighted by Crippen LogP contribution is -2.32. The summed E-state index contributed by atoms with van der Waals surface area (Å²) in [5.74, 6) is 1.68. The third kappa shape index (κ3) is 6.10. The summed E-state index contributed by atoms with van der Waals surface area (Å²) < 4.78 is 16.2. The first-order valence-electron chi connectivity index (χ1n) is 8.21. The molecule has 1 atom stereocenters. The zero-order valence-corrected chi connectivity index (χ0v) is 14.8. The van der Waals surface area contributed by atoms with Crippen LogP contribution in [0.2, 0.25) is 0 Å². The molecule has 0 fully saturated rings. The Balaban J connectivity index is 2.97.